The number of furan rings is 1. The Bertz CT molecular complexity index is 919. The zero-order chi connectivity index (χ0) is 19.2. The fourth-order valence-electron chi connectivity index (χ4n) is 2.57. The third-order valence-electron chi connectivity index (χ3n) is 3.94. The number of aryl methyl sites for hydroxylation is 1. The summed E-state index contributed by atoms with van der Waals surface area (Å²) in [5.41, 5.74) is 2.25. The number of methoxy groups -OCH3 is 1. The maximum atomic E-state index is 12.9. The molecule has 3 rings (SSSR count). The Balaban J connectivity index is 1.87. The van der Waals surface area contributed by atoms with Gasteiger partial charge in [-0.05, 0) is 30.7 Å². The number of carbonyl (C=O) groups excluding carboxylic acids is 2. The SMILES string of the molecule is COc1ccc(C)cc1NC(=O)[C@@H](OC(=O)c1ccoc1)c1ccccc1. The van der Waals surface area contributed by atoms with E-state index < -0.39 is 18.0 Å². The molecule has 0 saturated heterocycles. The summed E-state index contributed by atoms with van der Waals surface area (Å²) in [4.78, 5) is 25.3. The molecule has 0 radical (unpaired) electrons. The number of benzene rings is 2. The number of ether oxygens (including phenoxy) is 2. The number of nitrogens with one attached hydrogen (secondary N) is 1. The molecule has 0 saturated carbocycles. The predicted molar refractivity (Wildman–Crippen MR) is 99.7 cm³/mol. The van der Waals surface area contributed by atoms with Crippen molar-refractivity contribution in [1.82, 2.24) is 0 Å². The first kappa shape index (κ1) is 18.3. The number of amides is 1. The van der Waals surface area contributed by atoms with Gasteiger partial charge in [-0.1, -0.05) is 36.4 Å². The number of hydrogen-bond donors (Lipinski definition) is 1. The van der Waals surface area contributed by atoms with Gasteiger partial charge >= 0.3 is 5.97 Å². The van der Waals surface area contributed by atoms with Crippen LogP contribution in [0.25, 0.3) is 0 Å². The normalized spacial score (nSPS) is 11.5. The van der Waals surface area contributed by atoms with Crippen LogP contribution in [0.4, 0.5) is 5.69 Å². The van der Waals surface area contributed by atoms with Crippen LogP contribution >= 0.6 is 0 Å². The third-order valence-corrected chi connectivity index (χ3v) is 3.94. The summed E-state index contributed by atoms with van der Waals surface area (Å²) in [5, 5.41) is 2.79. The summed E-state index contributed by atoms with van der Waals surface area (Å²) in [6, 6.07) is 15.7. The van der Waals surface area contributed by atoms with E-state index in [4.69, 9.17) is 13.9 Å². The van der Waals surface area contributed by atoms with Crippen molar-refractivity contribution in [1.29, 1.82) is 0 Å². The van der Waals surface area contributed by atoms with Gasteiger partial charge in [0.1, 0.15) is 12.0 Å². The second-order valence-corrected chi connectivity index (χ2v) is 5.90. The number of esters is 1. The van der Waals surface area contributed by atoms with Crippen LogP contribution in [-0.2, 0) is 9.53 Å². The average Bonchev–Trinajstić information content (AvgIpc) is 3.21. The van der Waals surface area contributed by atoms with Gasteiger partial charge in [-0.25, -0.2) is 4.79 Å². The highest BCUT2D eigenvalue weighted by Gasteiger charge is 2.27. The molecule has 1 amide bonds. The second-order valence-electron chi connectivity index (χ2n) is 5.90. The van der Waals surface area contributed by atoms with Crippen molar-refractivity contribution in [2.75, 3.05) is 12.4 Å². The van der Waals surface area contributed by atoms with Gasteiger partial charge in [-0.2, -0.15) is 0 Å². The smallest absolute Gasteiger partial charge is 0.342 e. The Labute approximate surface area is 156 Å². The monoisotopic (exact) mass is 365 g/mol. The van der Waals surface area contributed by atoms with Crippen molar-refractivity contribution in [3.8, 4) is 5.75 Å². The summed E-state index contributed by atoms with van der Waals surface area (Å²) in [5.74, 6) is -0.618. The van der Waals surface area contributed by atoms with E-state index >= 15 is 0 Å². The Morgan fingerprint density at radius 3 is 2.52 bits per heavy atom. The number of hydrogen-bond acceptors (Lipinski definition) is 5. The highest BCUT2D eigenvalue weighted by molar-refractivity contribution is 5.99. The van der Waals surface area contributed by atoms with Gasteiger partial charge in [0.05, 0.1) is 24.6 Å². The molecule has 0 aliphatic heterocycles. The first-order valence-electron chi connectivity index (χ1n) is 8.32. The molecule has 6 nitrogen and oxygen atoms in total. The highest BCUT2D eigenvalue weighted by atomic mass is 16.5. The molecular weight excluding hydrogens is 346 g/mol. The van der Waals surface area contributed by atoms with Crippen molar-refractivity contribution < 1.29 is 23.5 Å². The predicted octanol–water partition coefficient (Wildman–Crippen LogP) is 4.13. The van der Waals surface area contributed by atoms with Gasteiger partial charge in [0.25, 0.3) is 5.91 Å². The van der Waals surface area contributed by atoms with Crippen LogP contribution < -0.4 is 10.1 Å². The first-order valence-corrected chi connectivity index (χ1v) is 8.32. The largest absolute Gasteiger partial charge is 0.495 e. The maximum absolute atomic E-state index is 12.9. The van der Waals surface area contributed by atoms with E-state index in [0.29, 0.717) is 17.0 Å². The zero-order valence-electron chi connectivity index (χ0n) is 15.0. The molecule has 0 bridgehead atoms. The van der Waals surface area contributed by atoms with Crippen LogP contribution in [0.15, 0.2) is 71.5 Å². The van der Waals surface area contributed by atoms with Gasteiger partial charge in [0, 0.05) is 5.56 Å². The standard InChI is InChI=1S/C21H19NO5/c1-14-8-9-18(25-2)17(12-14)22-20(23)19(15-6-4-3-5-7-15)27-21(24)16-10-11-26-13-16/h3-13,19H,1-2H3,(H,22,23)/t19-/m0/s1. The molecule has 1 heterocycles. The van der Waals surface area contributed by atoms with Crippen LogP contribution in [-0.4, -0.2) is 19.0 Å². The molecule has 2 aromatic carbocycles. The molecule has 1 atom stereocenters. The Hall–Kier alpha value is -3.54. The molecular formula is C21H19NO5. The minimum Gasteiger partial charge on any atom is -0.495 e. The molecule has 0 spiro atoms. The van der Waals surface area contributed by atoms with Crippen molar-refractivity contribution in [3.63, 3.8) is 0 Å². The highest BCUT2D eigenvalue weighted by Crippen LogP contribution is 2.28. The van der Waals surface area contributed by atoms with Gasteiger partial charge in [0.15, 0.2) is 0 Å². The summed E-state index contributed by atoms with van der Waals surface area (Å²) in [6.45, 7) is 1.91. The van der Waals surface area contributed by atoms with E-state index in [1.54, 1.807) is 36.4 Å². The number of anilines is 1. The lowest BCUT2D eigenvalue weighted by Crippen LogP contribution is -2.26. The van der Waals surface area contributed by atoms with Gasteiger partial charge < -0.3 is 19.2 Å². The molecule has 0 fully saturated rings. The van der Waals surface area contributed by atoms with Crippen molar-refractivity contribution in [3.05, 3.63) is 83.8 Å². The summed E-state index contributed by atoms with van der Waals surface area (Å²) >= 11 is 0. The summed E-state index contributed by atoms with van der Waals surface area (Å²) in [6.07, 6.45) is 1.51. The fraction of sp³-hybridized carbons (Fsp3) is 0.143. The van der Waals surface area contributed by atoms with Crippen LogP contribution in [0.3, 0.4) is 0 Å². The Morgan fingerprint density at radius 1 is 1.07 bits per heavy atom. The molecule has 0 unspecified atom stereocenters. The van der Waals surface area contributed by atoms with Gasteiger partial charge in [-0.15, -0.1) is 0 Å². The quantitative estimate of drug-likeness (QED) is 0.665. The van der Waals surface area contributed by atoms with Crippen LogP contribution in [0.2, 0.25) is 0 Å². The van der Waals surface area contributed by atoms with Crippen molar-refractivity contribution in [2.24, 2.45) is 0 Å². The maximum Gasteiger partial charge on any atom is 0.342 e. The van der Waals surface area contributed by atoms with E-state index in [2.05, 4.69) is 5.32 Å². The van der Waals surface area contributed by atoms with E-state index in [-0.39, 0.29) is 5.56 Å². The average molecular weight is 365 g/mol. The molecule has 27 heavy (non-hydrogen) atoms. The summed E-state index contributed by atoms with van der Waals surface area (Å²) < 4.78 is 15.7. The first-order chi connectivity index (χ1) is 13.1. The van der Waals surface area contributed by atoms with E-state index in [9.17, 15) is 9.59 Å². The Kier molecular flexibility index (Phi) is 5.56. The Morgan fingerprint density at radius 2 is 1.85 bits per heavy atom. The molecule has 1 N–H and O–H groups in total. The summed E-state index contributed by atoms with van der Waals surface area (Å²) in [7, 11) is 1.52. The lowest BCUT2D eigenvalue weighted by molar-refractivity contribution is -0.125. The number of carbonyl (C=O) groups is 2. The third kappa shape index (κ3) is 4.36. The topological polar surface area (TPSA) is 77.8 Å². The van der Waals surface area contributed by atoms with Crippen molar-refractivity contribution in [2.45, 2.75) is 13.0 Å². The molecule has 1 aromatic heterocycles. The van der Waals surface area contributed by atoms with Crippen molar-refractivity contribution >= 4 is 17.6 Å². The molecule has 3 aromatic rings. The molecule has 138 valence electrons. The number of rotatable bonds is 6. The molecule has 6 heteroatoms. The zero-order valence-corrected chi connectivity index (χ0v) is 15.0. The van der Waals surface area contributed by atoms with Gasteiger partial charge in [0.2, 0.25) is 6.10 Å². The van der Waals surface area contributed by atoms with Crippen LogP contribution in [0.5, 0.6) is 5.75 Å². The molecule has 0 aliphatic rings. The van der Waals surface area contributed by atoms with Crippen LogP contribution in [0, 0.1) is 6.92 Å². The fourth-order valence-corrected chi connectivity index (χ4v) is 2.57. The van der Waals surface area contributed by atoms with Crippen LogP contribution in [0.1, 0.15) is 27.6 Å². The minimum absolute atomic E-state index is 0.233. The lowest BCUT2D eigenvalue weighted by Gasteiger charge is -2.19. The van der Waals surface area contributed by atoms with E-state index in [1.807, 2.05) is 19.1 Å². The second kappa shape index (κ2) is 8.23. The van der Waals surface area contributed by atoms with E-state index in [1.165, 1.54) is 25.7 Å². The lowest BCUT2D eigenvalue weighted by atomic mass is 10.1. The van der Waals surface area contributed by atoms with E-state index in [0.717, 1.165) is 5.56 Å². The van der Waals surface area contributed by atoms with Gasteiger partial charge in [-0.3, -0.25) is 4.79 Å². The minimum atomic E-state index is -1.13. The molecule has 0 aliphatic carbocycles.